The van der Waals surface area contributed by atoms with Crippen LogP contribution in [0.3, 0.4) is 0 Å². The summed E-state index contributed by atoms with van der Waals surface area (Å²) in [5.41, 5.74) is 7.04. The van der Waals surface area contributed by atoms with Crippen molar-refractivity contribution in [2.75, 3.05) is 0 Å². The Hall–Kier alpha value is -0.630. The van der Waals surface area contributed by atoms with E-state index in [1.54, 1.807) is 6.92 Å². The van der Waals surface area contributed by atoms with Crippen molar-refractivity contribution in [2.45, 2.75) is 45.1 Å². The Kier molecular flexibility index (Phi) is 3.48. The van der Waals surface area contributed by atoms with Gasteiger partial charge in [0.2, 0.25) is 0 Å². The number of nitrogens with two attached hydrogens (primary N) is 1. The fraction of sp³-hybridized carbons (Fsp3) is 0.700. The van der Waals surface area contributed by atoms with Crippen LogP contribution < -0.4 is 5.73 Å². The lowest BCUT2D eigenvalue weighted by atomic mass is 9.93. The number of allylic oxidation sites excluding steroid dienone is 1. The maximum Gasteiger partial charge on any atom is 0.146 e. The highest BCUT2D eigenvalue weighted by Crippen LogP contribution is 2.20. The number of carbonyl (C=O) groups excluding carboxylic acids is 1. The lowest BCUT2D eigenvalue weighted by Crippen LogP contribution is -2.28. The van der Waals surface area contributed by atoms with Gasteiger partial charge in [0, 0.05) is 0 Å². The lowest BCUT2D eigenvalue weighted by Gasteiger charge is -2.15. The molecular formula is C10H17NO. The first-order valence-electron chi connectivity index (χ1n) is 4.64. The average molecular weight is 167 g/mol. The molecule has 68 valence electrons. The van der Waals surface area contributed by atoms with Crippen LogP contribution in [0.2, 0.25) is 0 Å². The van der Waals surface area contributed by atoms with E-state index < -0.39 is 0 Å². The van der Waals surface area contributed by atoms with Crippen LogP contribution in [0.1, 0.15) is 39.0 Å². The SMILES string of the molecule is CC(=O)C(N)CC1=CCCCC1. The van der Waals surface area contributed by atoms with Gasteiger partial charge in [-0.3, -0.25) is 4.79 Å². The largest absolute Gasteiger partial charge is 0.321 e. The summed E-state index contributed by atoms with van der Waals surface area (Å²) in [7, 11) is 0. The minimum Gasteiger partial charge on any atom is -0.321 e. The number of hydrogen-bond donors (Lipinski definition) is 1. The molecule has 2 heteroatoms. The fourth-order valence-corrected chi connectivity index (χ4v) is 1.52. The molecule has 0 amide bonds. The second-order valence-corrected chi connectivity index (χ2v) is 3.53. The third-order valence-electron chi connectivity index (χ3n) is 2.39. The molecule has 0 radical (unpaired) electrons. The van der Waals surface area contributed by atoms with Crippen molar-refractivity contribution in [1.82, 2.24) is 0 Å². The van der Waals surface area contributed by atoms with E-state index in [1.165, 1.54) is 24.8 Å². The molecule has 1 rings (SSSR count). The second kappa shape index (κ2) is 4.41. The second-order valence-electron chi connectivity index (χ2n) is 3.53. The molecule has 0 aliphatic heterocycles. The Morgan fingerprint density at radius 2 is 2.42 bits per heavy atom. The smallest absolute Gasteiger partial charge is 0.146 e. The molecule has 1 atom stereocenters. The summed E-state index contributed by atoms with van der Waals surface area (Å²) in [6.07, 6.45) is 7.87. The van der Waals surface area contributed by atoms with Gasteiger partial charge in [-0.05, 0) is 39.0 Å². The molecule has 2 N–H and O–H groups in total. The molecule has 12 heavy (non-hydrogen) atoms. The molecule has 1 aliphatic carbocycles. The number of rotatable bonds is 3. The van der Waals surface area contributed by atoms with E-state index in [2.05, 4.69) is 6.08 Å². The van der Waals surface area contributed by atoms with Crippen LogP contribution in [-0.4, -0.2) is 11.8 Å². The number of hydrogen-bond acceptors (Lipinski definition) is 2. The van der Waals surface area contributed by atoms with Gasteiger partial charge in [-0.1, -0.05) is 11.6 Å². The number of Topliss-reactive ketones (excluding diaryl/α,β-unsaturated/α-hetero) is 1. The zero-order valence-electron chi connectivity index (χ0n) is 7.68. The average Bonchev–Trinajstić information content (AvgIpc) is 2.06. The third-order valence-corrected chi connectivity index (χ3v) is 2.39. The highest BCUT2D eigenvalue weighted by molar-refractivity contribution is 5.81. The molecule has 0 saturated carbocycles. The molecule has 2 nitrogen and oxygen atoms in total. The molecule has 1 aliphatic rings. The van der Waals surface area contributed by atoms with Crippen LogP contribution in [0.25, 0.3) is 0 Å². The molecule has 0 bridgehead atoms. The van der Waals surface area contributed by atoms with Crippen molar-refractivity contribution in [3.8, 4) is 0 Å². The van der Waals surface area contributed by atoms with Gasteiger partial charge >= 0.3 is 0 Å². The van der Waals surface area contributed by atoms with Crippen molar-refractivity contribution in [3.05, 3.63) is 11.6 Å². The van der Waals surface area contributed by atoms with Crippen LogP contribution in [0.4, 0.5) is 0 Å². The molecule has 0 saturated heterocycles. The summed E-state index contributed by atoms with van der Waals surface area (Å²) in [4.78, 5) is 10.9. The summed E-state index contributed by atoms with van der Waals surface area (Å²) < 4.78 is 0. The molecule has 0 aromatic carbocycles. The van der Waals surface area contributed by atoms with Crippen LogP contribution in [0, 0.1) is 0 Å². The Balaban J connectivity index is 2.39. The topological polar surface area (TPSA) is 43.1 Å². The van der Waals surface area contributed by atoms with Gasteiger partial charge in [-0.25, -0.2) is 0 Å². The van der Waals surface area contributed by atoms with Gasteiger partial charge in [-0.15, -0.1) is 0 Å². The van der Waals surface area contributed by atoms with Crippen molar-refractivity contribution < 1.29 is 4.79 Å². The highest BCUT2D eigenvalue weighted by Gasteiger charge is 2.11. The maximum absolute atomic E-state index is 10.9. The summed E-state index contributed by atoms with van der Waals surface area (Å²) in [6, 6.07) is -0.269. The van der Waals surface area contributed by atoms with Crippen LogP contribution >= 0.6 is 0 Å². The predicted molar refractivity (Wildman–Crippen MR) is 49.8 cm³/mol. The van der Waals surface area contributed by atoms with Gasteiger partial charge < -0.3 is 5.73 Å². The monoisotopic (exact) mass is 167 g/mol. The van der Waals surface area contributed by atoms with Crippen LogP contribution in [0.5, 0.6) is 0 Å². The molecule has 0 fully saturated rings. The van der Waals surface area contributed by atoms with Gasteiger partial charge in [0.25, 0.3) is 0 Å². The molecule has 1 unspecified atom stereocenters. The molecule has 0 aromatic rings. The number of ketones is 1. The Labute approximate surface area is 73.8 Å². The molecular weight excluding hydrogens is 150 g/mol. The molecule has 0 spiro atoms. The summed E-state index contributed by atoms with van der Waals surface area (Å²) in [5.74, 6) is 0.0986. The van der Waals surface area contributed by atoms with E-state index in [4.69, 9.17) is 5.73 Å². The maximum atomic E-state index is 10.9. The Morgan fingerprint density at radius 1 is 1.67 bits per heavy atom. The number of carbonyl (C=O) groups is 1. The van der Waals surface area contributed by atoms with Gasteiger partial charge in [-0.2, -0.15) is 0 Å². The van der Waals surface area contributed by atoms with E-state index in [9.17, 15) is 4.79 Å². The zero-order chi connectivity index (χ0) is 8.97. The Bertz CT molecular complexity index is 196. The van der Waals surface area contributed by atoms with Crippen molar-refractivity contribution in [1.29, 1.82) is 0 Å². The van der Waals surface area contributed by atoms with Crippen LogP contribution in [-0.2, 0) is 4.79 Å². The van der Waals surface area contributed by atoms with Gasteiger partial charge in [0.15, 0.2) is 0 Å². The van der Waals surface area contributed by atoms with E-state index in [-0.39, 0.29) is 11.8 Å². The van der Waals surface area contributed by atoms with E-state index in [0.29, 0.717) is 0 Å². The first kappa shape index (κ1) is 9.46. The first-order valence-corrected chi connectivity index (χ1v) is 4.64. The fourth-order valence-electron chi connectivity index (χ4n) is 1.52. The van der Waals surface area contributed by atoms with Crippen molar-refractivity contribution in [3.63, 3.8) is 0 Å². The minimum atomic E-state index is -0.269. The van der Waals surface area contributed by atoms with Gasteiger partial charge in [0.05, 0.1) is 6.04 Å². The highest BCUT2D eigenvalue weighted by atomic mass is 16.1. The normalized spacial score (nSPS) is 20.0. The van der Waals surface area contributed by atoms with Crippen molar-refractivity contribution >= 4 is 5.78 Å². The standard InChI is InChI=1S/C10H17NO/c1-8(12)10(11)7-9-5-3-2-4-6-9/h5,10H,2-4,6-7,11H2,1H3. The first-order chi connectivity index (χ1) is 5.70. The summed E-state index contributed by atoms with van der Waals surface area (Å²) in [6.45, 7) is 1.56. The molecule has 0 heterocycles. The van der Waals surface area contributed by atoms with Crippen molar-refractivity contribution in [2.24, 2.45) is 5.73 Å². The third kappa shape index (κ3) is 2.78. The van der Waals surface area contributed by atoms with E-state index in [1.807, 2.05) is 0 Å². The van der Waals surface area contributed by atoms with Gasteiger partial charge in [0.1, 0.15) is 5.78 Å². The molecule has 0 aromatic heterocycles. The van der Waals surface area contributed by atoms with Crippen LogP contribution in [0.15, 0.2) is 11.6 Å². The lowest BCUT2D eigenvalue weighted by molar-refractivity contribution is -0.118. The predicted octanol–water partition coefficient (Wildman–Crippen LogP) is 1.79. The van der Waals surface area contributed by atoms with E-state index >= 15 is 0 Å². The minimum absolute atomic E-state index is 0.0986. The summed E-state index contributed by atoms with van der Waals surface area (Å²) >= 11 is 0. The quantitative estimate of drug-likeness (QED) is 0.651. The zero-order valence-corrected chi connectivity index (χ0v) is 7.68. The Morgan fingerprint density at radius 3 is 2.92 bits per heavy atom. The summed E-state index contributed by atoms with van der Waals surface area (Å²) in [5, 5.41) is 0. The van der Waals surface area contributed by atoms with E-state index in [0.717, 1.165) is 12.8 Å².